The summed E-state index contributed by atoms with van der Waals surface area (Å²) in [6.45, 7) is 17.9. The van der Waals surface area contributed by atoms with Gasteiger partial charge in [0.1, 0.15) is 11.6 Å². The Balaban J connectivity index is 1.96. The molecule has 1 aromatic heterocycles. The summed E-state index contributed by atoms with van der Waals surface area (Å²) in [5, 5.41) is 0. The largest absolute Gasteiger partial charge is 0.353 e. The Bertz CT molecular complexity index is 929. The second-order valence-electron chi connectivity index (χ2n) is 9.35. The van der Waals surface area contributed by atoms with Crippen molar-refractivity contribution < 1.29 is 4.79 Å². The molecule has 0 saturated carbocycles. The number of aromatic nitrogens is 2. The second kappa shape index (κ2) is 9.80. The van der Waals surface area contributed by atoms with Crippen LogP contribution in [0.3, 0.4) is 0 Å². The molecule has 1 fully saturated rings. The van der Waals surface area contributed by atoms with Gasteiger partial charge in [0, 0.05) is 55.7 Å². The van der Waals surface area contributed by atoms with Crippen LogP contribution in [0.2, 0.25) is 0 Å². The van der Waals surface area contributed by atoms with E-state index in [-0.39, 0.29) is 11.8 Å². The maximum atomic E-state index is 12.4. The van der Waals surface area contributed by atoms with Gasteiger partial charge in [-0.2, -0.15) is 0 Å². The number of aryl methyl sites for hydroxylation is 3. The zero-order valence-corrected chi connectivity index (χ0v) is 20.3. The molecule has 1 atom stereocenters. The van der Waals surface area contributed by atoms with Gasteiger partial charge < -0.3 is 9.80 Å². The van der Waals surface area contributed by atoms with E-state index in [1.165, 1.54) is 22.3 Å². The van der Waals surface area contributed by atoms with Crippen LogP contribution >= 0.6 is 0 Å². The first-order chi connectivity index (χ1) is 14.7. The van der Waals surface area contributed by atoms with Gasteiger partial charge in [0.25, 0.3) is 0 Å². The molecule has 0 bridgehead atoms. The highest BCUT2D eigenvalue weighted by Crippen LogP contribution is 2.29. The smallest absolute Gasteiger partial charge is 0.225 e. The number of carbonyl (C=O) groups is 1. The van der Waals surface area contributed by atoms with E-state index in [1.54, 1.807) is 0 Å². The molecule has 1 aliphatic heterocycles. The van der Waals surface area contributed by atoms with Crippen LogP contribution in [0.25, 0.3) is 0 Å². The van der Waals surface area contributed by atoms with Crippen molar-refractivity contribution in [3.05, 3.63) is 52.0 Å². The van der Waals surface area contributed by atoms with E-state index >= 15 is 0 Å². The van der Waals surface area contributed by atoms with Crippen molar-refractivity contribution in [1.82, 2.24) is 14.9 Å². The zero-order chi connectivity index (χ0) is 22.7. The Kier molecular flexibility index (Phi) is 7.34. The van der Waals surface area contributed by atoms with Crippen LogP contribution in [0.1, 0.15) is 73.8 Å². The minimum absolute atomic E-state index is 0.0460. The molecule has 0 spiro atoms. The lowest BCUT2D eigenvalue weighted by atomic mass is 9.97. The maximum Gasteiger partial charge on any atom is 0.225 e. The van der Waals surface area contributed by atoms with E-state index in [0.717, 1.165) is 56.4 Å². The number of amides is 1. The van der Waals surface area contributed by atoms with E-state index in [0.29, 0.717) is 5.92 Å². The van der Waals surface area contributed by atoms with Gasteiger partial charge in [-0.05, 0) is 38.3 Å². The predicted molar refractivity (Wildman–Crippen MR) is 128 cm³/mol. The molecular formula is C26H38N4O. The SMILES string of the molecule is CC[C@H](C)c1nc(C)c(Cc2cc(C)ccc2C)c(N2CCN(C(=O)C(C)C)CC2)n1. The fourth-order valence-corrected chi connectivity index (χ4v) is 4.16. The van der Waals surface area contributed by atoms with Gasteiger partial charge in [-0.3, -0.25) is 4.79 Å². The van der Waals surface area contributed by atoms with Crippen LogP contribution in [-0.2, 0) is 11.2 Å². The van der Waals surface area contributed by atoms with E-state index in [2.05, 4.69) is 57.7 Å². The quantitative estimate of drug-likeness (QED) is 0.670. The van der Waals surface area contributed by atoms with Crippen molar-refractivity contribution in [2.45, 2.75) is 67.2 Å². The molecule has 5 nitrogen and oxygen atoms in total. The Morgan fingerprint density at radius 3 is 2.32 bits per heavy atom. The Labute approximate surface area is 187 Å². The summed E-state index contributed by atoms with van der Waals surface area (Å²) >= 11 is 0. The van der Waals surface area contributed by atoms with Gasteiger partial charge >= 0.3 is 0 Å². The van der Waals surface area contributed by atoms with Gasteiger partial charge in [0.2, 0.25) is 5.91 Å². The van der Waals surface area contributed by atoms with Gasteiger partial charge in [0.05, 0.1) is 0 Å². The summed E-state index contributed by atoms with van der Waals surface area (Å²) in [4.78, 5) is 26.8. The zero-order valence-electron chi connectivity index (χ0n) is 20.3. The molecular weight excluding hydrogens is 384 g/mol. The minimum Gasteiger partial charge on any atom is -0.353 e. The van der Waals surface area contributed by atoms with Gasteiger partial charge in [0.15, 0.2) is 0 Å². The highest BCUT2D eigenvalue weighted by atomic mass is 16.2. The summed E-state index contributed by atoms with van der Waals surface area (Å²) in [7, 11) is 0. The number of anilines is 1. The maximum absolute atomic E-state index is 12.4. The highest BCUT2D eigenvalue weighted by molar-refractivity contribution is 5.78. The van der Waals surface area contributed by atoms with Crippen LogP contribution in [-0.4, -0.2) is 47.0 Å². The van der Waals surface area contributed by atoms with Crippen molar-refractivity contribution in [2.24, 2.45) is 5.92 Å². The van der Waals surface area contributed by atoms with Crippen molar-refractivity contribution in [2.75, 3.05) is 31.1 Å². The van der Waals surface area contributed by atoms with Crippen LogP contribution in [0.15, 0.2) is 18.2 Å². The molecule has 3 rings (SSSR count). The molecule has 0 unspecified atom stereocenters. The molecule has 0 aliphatic carbocycles. The third-order valence-corrected chi connectivity index (χ3v) is 6.52. The van der Waals surface area contributed by atoms with Crippen molar-refractivity contribution in [3.63, 3.8) is 0 Å². The summed E-state index contributed by atoms with van der Waals surface area (Å²) in [5.41, 5.74) is 6.19. The highest BCUT2D eigenvalue weighted by Gasteiger charge is 2.26. The van der Waals surface area contributed by atoms with Crippen LogP contribution in [0.5, 0.6) is 0 Å². The molecule has 1 aliphatic rings. The molecule has 168 valence electrons. The number of nitrogens with zero attached hydrogens (tertiary/aromatic N) is 4. The molecule has 2 aromatic rings. The molecule has 1 aromatic carbocycles. The lowest BCUT2D eigenvalue weighted by Crippen LogP contribution is -2.50. The Morgan fingerprint density at radius 2 is 1.71 bits per heavy atom. The standard InChI is InChI=1S/C26H38N4O/c1-8-19(5)24-27-21(7)23(16-22-15-18(4)9-10-20(22)6)25(28-24)29-11-13-30(14-12-29)26(31)17(2)3/h9-10,15,17,19H,8,11-14,16H2,1-7H3/t19-/m0/s1. The summed E-state index contributed by atoms with van der Waals surface area (Å²) in [6, 6.07) is 6.64. The van der Waals surface area contributed by atoms with E-state index in [9.17, 15) is 4.79 Å². The lowest BCUT2D eigenvalue weighted by Gasteiger charge is -2.37. The molecule has 31 heavy (non-hydrogen) atoms. The number of rotatable bonds is 6. The average molecular weight is 423 g/mol. The molecule has 1 saturated heterocycles. The number of benzene rings is 1. The van der Waals surface area contributed by atoms with E-state index in [1.807, 2.05) is 18.7 Å². The third-order valence-electron chi connectivity index (χ3n) is 6.52. The number of hydrogen-bond acceptors (Lipinski definition) is 4. The first-order valence-corrected chi connectivity index (χ1v) is 11.7. The fourth-order valence-electron chi connectivity index (χ4n) is 4.16. The van der Waals surface area contributed by atoms with Crippen LogP contribution < -0.4 is 4.90 Å². The lowest BCUT2D eigenvalue weighted by molar-refractivity contribution is -0.134. The second-order valence-corrected chi connectivity index (χ2v) is 9.35. The number of piperazine rings is 1. The van der Waals surface area contributed by atoms with Crippen molar-refractivity contribution in [3.8, 4) is 0 Å². The number of carbonyl (C=O) groups excluding carboxylic acids is 1. The van der Waals surface area contributed by atoms with Crippen LogP contribution in [0, 0.1) is 26.7 Å². The summed E-state index contributed by atoms with van der Waals surface area (Å²) in [5.74, 6) is 2.61. The first kappa shape index (κ1) is 23.2. The monoisotopic (exact) mass is 422 g/mol. The molecule has 5 heteroatoms. The van der Waals surface area contributed by atoms with Gasteiger partial charge in [-0.15, -0.1) is 0 Å². The third kappa shape index (κ3) is 5.25. The van der Waals surface area contributed by atoms with Crippen molar-refractivity contribution in [1.29, 1.82) is 0 Å². The molecule has 2 heterocycles. The van der Waals surface area contributed by atoms with E-state index < -0.39 is 0 Å². The van der Waals surface area contributed by atoms with Crippen molar-refractivity contribution >= 4 is 11.7 Å². The van der Waals surface area contributed by atoms with E-state index in [4.69, 9.17) is 9.97 Å². The Hall–Kier alpha value is -2.43. The summed E-state index contributed by atoms with van der Waals surface area (Å²) < 4.78 is 0. The minimum atomic E-state index is 0.0460. The summed E-state index contributed by atoms with van der Waals surface area (Å²) in [6.07, 6.45) is 1.85. The van der Waals surface area contributed by atoms with Gasteiger partial charge in [-0.25, -0.2) is 9.97 Å². The molecule has 0 N–H and O–H groups in total. The fraction of sp³-hybridized carbons (Fsp3) is 0.577. The topological polar surface area (TPSA) is 49.3 Å². The Morgan fingerprint density at radius 1 is 1.03 bits per heavy atom. The number of hydrogen-bond donors (Lipinski definition) is 0. The molecule has 1 amide bonds. The normalized spacial score (nSPS) is 15.5. The predicted octanol–water partition coefficient (Wildman–Crippen LogP) is 4.81. The average Bonchev–Trinajstić information content (AvgIpc) is 2.76. The van der Waals surface area contributed by atoms with Crippen LogP contribution in [0.4, 0.5) is 5.82 Å². The van der Waals surface area contributed by atoms with Gasteiger partial charge in [-0.1, -0.05) is 51.5 Å². The molecule has 0 radical (unpaired) electrons. The first-order valence-electron chi connectivity index (χ1n) is 11.7.